The van der Waals surface area contributed by atoms with Crippen LogP contribution in [0.3, 0.4) is 0 Å². The molecule has 0 bridgehead atoms. The zero-order valence-electron chi connectivity index (χ0n) is 15.7. The van der Waals surface area contributed by atoms with Gasteiger partial charge in [0, 0.05) is 19.7 Å². The van der Waals surface area contributed by atoms with Crippen LogP contribution < -0.4 is 14.2 Å². The standard InChI is InChI=1S/C21H25NO4/c1-5-26-19-12-8-16(14-20(19)25-4)9-13-21(23)22(2)15-17-6-10-18(24-3)11-7-17/h6-14H,5,15H2,1-4H3/b13-9+. The van der Waals surface area contributed by atoms with Crippen molar-refractivity contribution in [2.24, 2.45) is 0 Å². The zero-order valence-corrected chi connectivity index (χ0v) is 15.7. The summed E-state index contributed by atoms with van der Waals surface area (Å²) in [7, 11) is 5.00. The van der Waals surface area contributed by atoms with Crippen molar-refractivity contribution in [2.75, 3.05) is 27.9 Å². The van der Waals surface area contributed by atoms with Gasteiger partial charge in [0.1, 0.15) is 5.75 Å². The molecule has 0 aliphatic carbocycles. The molecule has 0 radical (unpaired) electrons. The quantitative estimate of drug-likeness (QED) is 0.676. The van der Waals surface area contributed by atoms with Crippen LogP contribution in [0.1, 0.15) is 18.1 Å². The average molecular weight is 355 g/mol. The van der Waals surface area contributed by atoms with Crippen molar-refractivity contribution in [2.45, 2.75) is 13.5 Å². The van der Waals surface area contributed by atoms with Crippen LogP contribution in [-0.2, 0) is 11.3 Å². The molecule has 0 spiro atoms. The Morgan fingerprint density at radius 2 is 1.77 bits per heavy atom. The molecule has 138 valence electrons. The van der Waals surface area contributed by atoms with Gasteiger partial charge < -0.3 is 19.1 Å². The van der Waals surface area contributed by atoms with E-state index < -0.39 is 0 Å². The Morgan fingerprint density at radius 1 is 1.04 bits per heavy atom. The second kappa shape index (κ2) is 9.51. The largest absolute Gasteiger partial charge is 0.497 e. The highest BCUT2D eigenvalue weighted by Gasteiger charge is 2.07. The molecule has 5 heteroatoms. The number of amides is 1. The van der Waals surface area contributed by atoms with Gasteiger partial charge in [0.05, 0.1) is 20.8 Å². The lowest BCUT2D eigenvalue weighted by Gasteiger charge is -2.15. The number of likely N-dealkylation sites (N-methyl/N-ethyl adjacent to an activating group) is 1. The lowest BCUT2D eigenvalue weighted by atomic mass is 10.1. The van der Waals surface area contributed by atoms with Gasteiger partial charge in [-0.25, -0.2) is 0 Å². The minimum atomic E-state index is -0.0753. The van der Waals surface area contributed by atoms with Gasteiger partial charge in [-0.05, 0) is 48.4 Å². The molecular weight excluding hydrogens is 330 g/mol. The van der Waals surface area contributed by atoms with Crippen molar-refractivity contribution >= 4 is 12.0 Å². The SMILES string of the molecule is CCOc1ccc(/C=C/C(=O)N(C)Cc2ccc(OC)cc2)cc1OC. The summed E-state index contributed by atoms with van der Waals surface area (Å²) in [5, 5.41) is 0. The number of ether oxygens (including phenoxy) is 3. The predicted octanol–water partition coefficient (Wildman–Crippen LogP) is 3.77. The van der Waals surface area contributed by atoms with E-state index in [-0.39, 0.29) is 5.91 Å². The first kappa shape index (κ1) is 19.4. The second-order valence-corrected chi connectivity index (χ2v) is 5.72. The maximum atomic E-state index is 12.3. The number of carbonyl (C=O) groups is 1. The van der Waals surface area contributed by atoms with E-state index in [1.165, 1.54) is 0 Å². The lowest BCUT2D eigenvalue weighted by Crippen LogP contribution is -2.24. The van der Waals surface area contributed by atoms with E-state index in [4.69, 9.17) is 14.2 Å². The third kappa shape index (κ3) is 5.28. The first-order chi connectivity index (χ1) is 12.6. The Hall–Kier alpha value is -2.95. The molecule has 26 heavy (non-hydrogen) atoms. The van der Waals surface area contributed by atoms with E-state index in [0.29, 0.717) is 24.7 Å². The highest BCUT2D eigenvalue weighted by Crippen LogP contribution is 2.28. The van der Waals surface area contributed by atoms with Crippen molar-refractivity contribution in [3.8, 4) is 17.2 Å². The van der Waals surface area contributed by atoms with Crippen LogP contribution in [0.5, 0.6) is 17.2 Å². The minimum absolute atomic E-state index is 0.0753. The smallest absolute Gasteiger partial charge is 0.246 e. The highest BCUT2D eigenvalue weighted by molar-refractivity contribution is 5.91. The first-order valence-electron chi connectivity index (χ1n) is 8.44. The average Bonchev–Trinajstić information content (AvgIpc) is 2.67. The third-order valence-electron chi connectivity index (χ3n) is 3.86. The van der Waals surface area contributed by atoms with Crippen LogP contribution in [-0.4, -0.2) is 38.7 Å². The summed E-state index contributed by atoms with van der Waals surface area (Å²) in [4.78, 5) is 14.0. The molecule has 0 N–H and O–H groups in total. The molecule has 0 aliphatic rings. The Bertz CT molecular complexity index is 753. The molecule has 2 rings (SSSR count). The molecule has 0 atom stereocenters. The van der Waals surface area contributed by atoms with Gasteiger partial charge in [-0.2, -0.15) is 0 Å². The van der Waals surface area contributed by atoms with Crippen molar-refractivity contribution in [3.63, 3.8) is 0 Å². The van der Waals surface area contributed by atoms with Crippen LogP contribution >= 0.6 is 0 Å². The van der Waals surface area contributed by atoms with Crippen molar-refractivity contribution in [3.05, 3.63) is 59.7 Å². The lowest BCUT2D eigenvalue weighted by molar-refractivity contribution is -0.125. The molecule has 0 aromatic heterocycles. The van der Waals surface area contributed by atoms with Gasteiger partial charge in [0.15, 0.2) is 11.5 Å². The molecule has 0 fully saturated rings. The molecule has 2 aromatic carbocycles. The van der Waals surface area contributed by atoms with Crippen molar-refractivity contribution in [1.82, 2.24) is 4.90 Å². The van der Waals surface area contributed by atoms with E-state index in [2.05, 4.69) is 0 Å². The number of rotatable bonds is 8. The van der Waals surface area contributed by atoms with Gasteiger partial charge in [0.2, 0.25) is 5.91 Å². The Balaban J connectivity index is 2.00. The number of methoxy groups -OCH3 is 2. The van der Waals surface area contributed by atoms with E-state index in [1.54, 1.807) is 38.3 Å². The predicted molar refractivity (Wildman–Crippen MR) is 103 cm³/mol. The Labute approximate surface area is 154 Å². The fourth-order valence-electron chi connectivity index (χ4n) is 2.44. The summed E-state index contributed by atoms with van der Waals surface area (Å²) in [5.41, 5.74) is 1.91. The van der Waals surface area contributed by atoms with Crippen LogP contribution in [0.15, 0.2) is 48.5 Å². The van der Waals surface area contributed by atoms with E-state index in [1.807, 2.05) is 49.4 Å². The van der Waals surface area contributed by atoms with E-state index >= 15 is 0 Å². The van der Waals surface area contributed by atoms with E-state index in [0.717, 1.165) is 16.9 Å². The van der Waals surface area contributed by atoms with Crippen LogP contribution in [0, 0.1) is 0 Å². The number of nitrogens with zero attached hydrogens (tertiary/aromatic N) is 1. The van der Waals surface area contributed by atoms with Crippen molar-refractivity contribution in [1.29, 1.82) is 0 Å². The summed E-state index contributed by atoms with van der Waals surface area (Å²) in [5.74, 6) is 2.06. The first-order valence-corrected chi connectivity index (χ1v) is 8.44. The summed E-state index contributed by atoms with van der Waals surface area (Å²) in [6.45, 7) is 3.02. The van der Waals surface area contributed by atoms with Crippen LogP contribution in [0.4, 0.5) is 0 Å². The highest BCUT2D eigenvalue weighted by atomic mass is 16.5. The minimum Gasteiger partial charge on any atom is -0.497 e. The van der Waals surface area contributed by atoms with Gasteiger partial charge in [-0.15, -0.1) is 0 Å². The number of carbonyl (C=O) groups excluding carboxylic acids is 1. The van der Waals surface area contributed by atoms with Gasteiger partial charge in [-0.3, -0.25) is 4.79 Å². The number of hydrogen-bond donors (Lipinski definition) is 0. The fourth-order valence-corrected chi connectivity index (χ4v) is 2.44. The van der Waals surface area contributed by atoms with Gasteiger partial charge in [-0.1, -0.05) is 18.2 Å². The molecule has 5 nitrogen and oxygen atoms in total. The summed E-state index contributed by atoms with van der Waals surface area (Å²) >= 11 is 0. The van der Waals surface area contributed by atoms with Crippen molar-refractivity contribution < 1.29 is 19.0 Å². The van der Waals surface area contributed by atoms with Gasteiger partial charge >= 0.3 is 0 Å². The Morgan fingerprint density at radius 3 is 2.38 bits per heavy atom. The molecule has 0 aliphatic heterocycles. The Kier molecular flexibility index (Phi) is 7.09. The second-order valence-electron chi connectivity index (χ2n) is 5.72. The van der Waals surface area contributed by atoms with Gasteiger partial charge in [0.25, 0.3) is 0 Å². The van der Waals surface area contributed by atoms with E-state index in [9.17, 15) is 4.79 Å². The topological polar surface area (TPSA) is 48.0 Å². The van der Waals surface area contributed by atoms with Crippen LogP contribution in [0.2, 0.25) is 0 Å². The molecule has 0 saturated heterocycles. The maximum Gasteiger partial charge on any atom is 0.246 e. The molecule has 0 saturated carbocycles. The number of hydrogen-bond acceptors (Lipinski definition) is 4. The van der Waals surface area contributed by atoms with Crippen LogP contribution in [0.25, 0.3) is 6.08 Å². The molecule has 0 unspecified atom stereocenters. The molecule has 2 aromatic rings. The molecular formula is C21H25NO4. The zero-order chi connectivity index (χ0) is 18.9. The summed E-state index contributed by atoms with van der Waals surface area (Å²) in [6.07, 6.45) is 3.32. The summed E-state index contributed by atoms with van der Waals surface area (Å²) < 4.78 is 16.0. The third-order valence-corrected chi connectivity index (χ3v) is 3.86. The normalized spacial score (nSPS) is 10.6. The fraction of sp³-hybridized carbons (Fsp3) is 0.286. The summed E-state index contributed by atoms with van der Waals surface area (Å²) in [6, 6.07) is 13.2. The molecule has 0 heterocycles. The monoisotopic (exact) mass is 355 g/mol. The number of benzene rings is 2. The maximum absolute atomic E-state index is 12.3. The molecule has 1 amide bonds.